The molecule has 1 aromatic heterocycles. The van der Waals surface area contributed by atoms with Crippen molar-refractivity contribution in [1.29, 1.82) is 0 Å². The van der Waals surface area contributed by atoms with Crippen molar-refractivity contribution >= 4 is 29.3 Å². The van der Waals surface area contributed by atoms with Gasteiger partial charge in [0.1, 0.15) is 5.75 Å². The Morgan fingerprint density at radius 3 is 2.67 bits per heavy atom. The Labute approximate surface area is 239 Å². The van der Waals surface area contributed by atoms with Gasteiger partial charge < -0.3 is 25.0 Å². The summed E-state index contributed by atoms with van der Waals surface area (Å²) in [6.07, 6.45) is 4.91. The van der Waals surface area contributed by atoms with Gasteiger partial charge in [-0.15, -0.1) is 0 Å². The average Bonchev–Trinajstić information content (AvgIpc) is 3.43. The number of pyridine rings is 1. The standard InChI is InChI=1S/C31H36ClN3O5/c1-3-5-10-20-11-8-13-21(17-20)25(18-27(36)40-4-2)33-31(39)34-28-29(37)23-14-9-16-26(23)35(30(28)38)19-22-12-6-7-15-24(22)32/h6-8,11-13,15,17,25,37H,3-5,9-10,14,16,18-19H2,1-2H3,(H2,33,34,39)/t25-/m0/s1. The molecule has 1 aliphatic carbocycles. The van der Waals surface area contributed by atoms with Crippen LogP contribution in [0.1, 0.15) is 73.5 Å². The summed E-state index contributed by atoms with van der Waals surface area (Å²) in [6.45, 7) is 4.29. The number of aromatic hydroxyl groups is 1. The fraction of sp³-hybridized carbons (Fsp3) is 0.387. The maximum Gasteiger partial charge on any atom is 0.319 e. The monoisotopic (exact) mass is 565 g/mol. The number of esters is 1. The number of aromatic nitrogens is 1. The molecule has 1 atom stereocenters. The van der Waals surface area contributed by atoms with E-state index in [4.69, 9.17) is 16.3 Å². The summed E-state index contributed by atoms with van der Waals surface area (Å²) in [5.41, 5.74) is 3.30. The van der Waals surface area contributed by atoms with E-state index in [2.05, 4.69) is 17.6 Å². The highest BCUT2D eigenvalue weighted by molar-refractivity contribution is 6.31. The number of fused-ring (bicyclic) bond motifs is 1. The minimum absolute atomic E-state index is 0.0780. The molecule has 9 heteroatoms. The zero-order valence-electron chi connectivity index (χ0n) is 23.0. The number of amides is 2. The van der Waals surface area contributed by atoms with E-state index in [0.29, 0.717) is 23.4 Å². The molecular formula is C31H36ClN3O5. The van der Waals surface area contributed by atoms with E-state index in [1.165, 1.54) is 0 Å². The van der Waals surface area contributed by atoms with Crippen LogP contribution in [0, 0.1) is 0 Å². The fourth-order valence-corrected chi connectivity index (χ4v) is 5.36. The first-order chi connectivity index (χ1) is 19.3. The second-order valence-electron chi connectivity index (χ2n) is 9.99. The van der Waals surface area contributed by atoms with Gasteiger partial charge in [0.05, 0.1) is 25.6 Å². The number of benzene rings is 2. The molecule has 1 heterocycles. The molecule has 1 aliphatic rings. The SMILES string of the molecule is CCCCc1cccc([C@H](CC(=O)OCC)NC(=O)Nc2c(O)c3c(n(Cc4ccccc4Cl)c2=O)CCC3)c1. The van der Waals surface area contributed by atoms with Gasteiger partial charge in [-0.25, -0.2) is 4.79 Å². The number of urea groups is 1. The first-order valence-corrected chi connectivity index (χ1v) is 14.2. The lowest BCUT2D eigenvalue weighted by atomic mass is 9.99. The van der Waals surface area contributed by atoms with Gasteiger partial charge in [0.15, 0.2) is 5.69 Å². The summed E-state index contributed by atoms with van der Waals surface area (Å²) in [5, 5.41) is 17.0. The number of nitrogens with zero attached hydrogens (tertiary/aromatic N) is 1. The molecule has 2 amide bonds. The molecule has 0 spiro atoms. The molecule has 212 valence electrons. The first-order valence-electron chi connectivity index (χ1n) is 13.8. The van der Waals surface area contributed by atoms with E-state index in [9.17, 15) is 19.5 Å². The molecule has 0 fully saturated rings. The van der Waals surface area contributed by atoms with Crippen molar-refractivity contribution in [2.45, 2.75) is 71.4 Å². The van der Waals surface area contributed by atoms with Crippen LogP contribution >= 0.6 is 11.6 Å². The Morgan fingerprint density at radius 1 is 1.12 bits per heavy atom. The number of ether oxygens (including phenoxy) is 1. The summed E-state index contributed by atoms with van der Waals surface area (Å²) in [7, 11) is 0. The summed E-state index contributed by atoms with van der Waals surface area (Å²) >= 11 is 6.37. The summed E-state index contributed by atoms with van der Waals surface area (Å²) < 4.78 is 6.72. The van der Waals surface area contributed by atoms with Crippen LogP contribution in [0.2, 0.25) is 5.02 Å². The van der Waals surface area contributed by atoms with Crippen molar-refractivity contribution in [1.82, 2.24) is 9.88 Å². The average molecular weight is 566 g/mol. The van der Waals surface area contributed by atoms with Gasteiger partial charge in [0.25, 0.3) is 5.56 Å². The van der Waals surface area contributed by atoms with E-state index < -0.39 is 23.6 Å². The van der Waals surface area contributed by atoms with E-state index in [0.717, 1.165) is 48.1 Å². The van der Waals surface area contributed by atoms with Gasteiger partial charge in [0.2, 0.25) is 0 Å². The zero-order valence-corrected chi connectivity index (χ0v) is 23.7. The van der Waals surface area contributed by atoms with Crippen molar-refractivity contribution in [2.75, 3.05) is 11.9 Å². The molecule has 8 nitrogen and oxygen atoms in total. The maximum atomic E-state index is 13.6. The van der Waals surface area contributed by atoms with Gasteiger partial charge in [-0.3, -0.25) is 9.59 Å². The van der Waals surface area contributed by atoms with Crippen molar-refractivity contribution in [3.8, 4) is 5.75 Å². The van der Waals surface area contributed by atoms with Gasteiger partial charge in [-0.2, -0.15) is 0 Å². The Bertz CT molecular complexity index is 1430. The molecule has 3 aromatic rings. The highest BCUT2D eigenvalue weighted by atomic mass is 35.5. The van der Waals surface area contributed by atoms with Crippen LogP contribution in [-0.2, 0) is 35.3 Å². The van der Waals surface area contributed by atoms with Crippen LogP contribution in [0.3, 0.4) is 0 Å². The Kier molecular flexibility index (Phi) is 9.88. The Balaban J connectivity index is 1.62. The van der Waals surface area contributed by atoms with Gasteiger partial charge in [0, 0.05) is 16.3 Å². The van der Waals surface area contributed by atoms with Crippen LogP contribution in [0.15, 0.2) is 53.3 Å². The molecule has 0 radical (unpaired) electrons. The van der Waals surface area contributed by atoms with Crippen LogP contribution in [0.4, 0.5) is 10.5 Å². The second kappa shape index (κ2) is 13.5. The molecule has 0 saturated carbocycles. The van der Waals surface area contributed by atoms with Crippen molar-refractivity contribution < 1.29 is 19.4 Å². The van der Waals surface area contributed by atoms with E-state index in [1.807, 2.05) is 42.5 Å². The zero-order chi connectivity index (χ0) is 28.6. The lowest BCUT2D eigenvalue weighted by molar-refractivity contribution is -0.143. The number of carbonyl (C=O) groups excluding carboxylic acids is 2. The largest absolute Gasteiger partial charge is 0.505 e. The first kappa shape index (κ1) is 29.2. The third kappa shape index (κ3) is 6.86. The van der Waals surface area contributed by atoms with Crippen LogP contribution in [-0.4, -0.2) is 28.3 Å². The summed E-state index contributed by atoms with van der Waals surface area (Å²) in [6, 6.07) is 13.6. The number of hydrogen-bond donors (Lipinski definition) is 3. The van der Waals surface area contributed by atoms with Crippen molar-refractivity contribution in [3.05, 3.63) is 91.9 Å². The molecule has 3 N–H and O–H groups in total. The third-order valence-corrected chi connectivity index (χ3v) is 7.54. The van der Waals surface area contributed by atoms with Crippen LogP contribution in [0.5, 0.6) is 5.75 Å². The number of aryl methyl sites for hydroxylation is 1. The molecule has 0 unspecified atom stereocenters. The lowest BCUT2D eigenvalue weighted by Gasteiger charge is -2.21. The predicted molar refractivity (Wildman–Crippen MR) is 156 cm³/mol. The molecule has 4 rings (SSSR count). The Hall–Kier alpha value is -3.78. The number of rotatable bonds is 11. The number of nitrogens with one attached hydrogen (secondary N) is 2. The van der Waals surface area contributed by atoms with Gasteiger partial charge in [-0.05, 0) is 61.8 Å². The smallest absolute Gasteiger partial charge is 0.319 e. The highest BCUT2D eigenvalue weighted by Crippen LogP contribution is 2.34. The van der Waals surface area contributed by atoms with E-state index in [1.54, 1.807) is 17.6 Å². The predicted octanol–water partition coefficient (Wildman–Crippen LogP) is 5.90. The minimum Gasteiger partial charge on any atom is -0.505 e. The van der Waals surface area contributed by atoms with Crippen LogP contribution in [0.25, 0.3) is 0 Å². The third-order valence-electron chi connectivity index (χ3n) is 7.17. The molecular weight excluding hydrogens is 530 g/mol. The van der Waals surface area contributed by atoms with Crippen molar-refractivity contribution in [2.24, 2.45) is 0 Å². The molecule has 40 heavy (non-hydrogen) atoms. The fourth-order valence-electron chi connectivity index (χ4n) is 5.16. The minimum atomic E-state index is -0.706. The highest BCUT2D eigenvalue weighted by Gasteiger charge is 2.27. The van der Waals surface area contributed by atoms with Gasteiger partial charge >= 0.3 is 12.0 Å². The number of anilines is 1. The quantitative estimate of drug-likeness (QED) is 0.251. The molecule has 0 bridgehead atoms. The summed E-state index contributed by atoms with van der Waals surface area (Å²) in [4.78, 5) is 39.3. The van der Waals surface area contributed by atoms with E-state index >= 15 is 0 Å². The number of unbranched alkanes of at least 4 members (excludes halogenated alkanes) is 1. The second-order valence-corrected chi connectivity index (χ2v) is 10.4. The number of hydrogen-bond acceptors (Lipinski definition) is 5. The van der Waals surface area contributed by atoms with E-state index in [-0.39, 0.29) is 31.0 Å². The molecule has 0 saturated heterocycles. The maximum absolute atomic E-state index is 13.6. The van der Waals surface area contributed by atoms with Gasteiger partial charge in [-0.1, -0.05) is 67.4 Å². The lowest BCUT2D eigenvalue weighted by Crippen LogP contribution is -2.37. The number of carbonyl (C=O) groups is 2. The van der Waals surface area contributed by atoms with Crippen molar-refractivity contribution in [3.63, 3.8) is 0 Å². The molecule has 2 aromatic carbocycles. The Morgan fingerprint density at radius 2 is 1.93 bits per heavy atom. The van der Waals surface area contributed by atoms with Crippen LogP contribution < -0.4 is 16.2 Å². The number of halogens is 1. The molecule has 0 aliphatic heterocycles. The normalized spacial score (nSPS) is 13.0. The topological polar surface area (TPSA) is 110 Å². The summed E-state index contributed by atoms with van der Waals surface area (Å²) in [5.74, 6) is -0.666.